The number of likely N-dealkylation sites (N-methyl/N-ethyl adjacent to an activating group) is 1. The fourth-order valence-electron chi connectivity index (χ4n) is 3.42. The van der Waals surface area contributed by atoms with Crippen LogP contribution in [0.1, 0.15) is 40.1 Å². The van der Waals surface area contributed by atoms with Crippen LogP contribution in [0.15, 0.2) is 54.7 Å². The SMILES string of the molecule is CCc1ccc(C(CNC(=O)c2cnn(-c3ccc(Cl)cc3)c2C(F)(F)F)N(C)C)cc1. The summed E-state index contributed by atoms with van der Waals surface area (Å²) in [6.07, 6.45) is -2.94. The van der Waals surface area contributed by atoms with Gasteiger partial charge in [0.05, 0.1) is 23.5 Å². The second-order valence-corrected chi connectivity index (χ2v) is 8.01. The Bertz CT molecular complexity index is 1060. The van der Waals surface area contributed by atoms with Gasteiger partial charge in [-0.15, -0.1) is 0 Å². The van der Waals surface area contributed by atoms with E-state index in [0.717, 1.165) is 18.2 Å². The standard InChI is InChI=1S/C23H24ClF3N4O/c1-4-15-5-7-16(8-6-15)20(30(2)3)14-28-22(32)19-13-29-31(21(19)23(25,26)27)18-11-9-17(24)10-12-18/h5-13,20H,4,14H2,1-3H3,(H,28,32). The van der Waals surface area contributed by atoms with Crippen LogP contribution >= 0.6 is 11.6 Å². The first-order valence-corrected chi connectivity index (χ1v) is 10.4. The molecule has 0 aliphatic heterocycles. The molecule has 1 N–H and O–H groups in total. The lowest BCUT2D eigenvalue weighted by Gasteiger charge is -2.25. The number of nitrogens with zero attached hydrogens (tertiary/aromatic N) is 3. The predicted molar refractivity (Wildman–Crippen MR) is 118 cm³/mol. The van der Waals surface area contributed by atoms with Gasteiger partial charge in [0.15, 0.2) is 5.69 Å². The number of carbonyl (C=O) groups excluding carboxylic acids is 1. The van der Waals surface area contributed by atoms with Gasteiger partial charge in [0.25, 0.3) is 5.91 Å². The number of hydrogen-bond acceptors (Lipinski definition) is 3. The van der Waals surface area contributed by atoms with Crippen LogP contribution in [-0.4, -0.2) is 41.2 Å². The molecule has 170 valence electrons. The van der Waals surface area contributed by atoms with Gasteiger partial charge in [-0.25, -0.2) is 4.68 Å². The van der Waals surface area contributed by atoms with E-state index in [2.05, 4.69) is 17.3 Å². The molecule has 0 bridgehead atoms. The van der Waals surface area contributed by atoms with Crippen molar-refractivity contribution in [1.82, 2.24) is 20.0 Å². The van der Waals surface area contributed by atoms with Crippen LogP contribution in [0.25, 0.3) is 5.69 Å². The van der Waals surface area contributed by atoms with Gasteiger partial charge in [-0.3, -0.25) is 4.79 Å². The van der Waals surface area contributed by atoms with E-state index in [1.54, 1.807) is 0 Å². The molecule has 5 nitrogen and oxygen atoms in total. The largest absolute Gasteiger partial charge is 0.434 e. The van der Waals surface area contributed by atoms with E-state index in [-0.39, 0.29) is 18.3 Å². The maximum Gasteiger partial charge on any atom is 0.434 e. The van der Waals surface area contributed by atoms with Crippen LogP contribution in [0.5, 0.6) is 0 Å². The van der Waals surface area contributed by atoms with Gasteiger partial charge in [0.1, 0.15) is 0 Å². The lowest BCUT2D eigenvalue weighted by atomic mass is 10.0. The Kier molecular flexibility index (Phi) is 7.26. The number of amides is 1. The molecule has 0 saturated heterocycles. The minimum atomic E-state index is -4.78. The average molecular weight is 465 g/mol. The second kappa shape index (κ2) is 9.75. The van der Waals surface area contributed by atoms with E-state index >= 15 is 0 Å². The van der Waals surface area contributed by atoms with E-state index in [0.29, 0.717) is 9.70 Å². The number of rotatable bonds is 7. The molecule has 0 spiro atoms. The molecular weight excluding hydrogens is 441 g/mol. The number of alkyl halides is 3. The monoisotopic (exact) mass is 464 g/mol. The highest BCUT2D eigenvalue weighted by atomic mass is 35.5. The van der Waals surface area contributed by atoms with Gasteiger partial charge in [0.2, 0.25) is 0 Å². The van der Waals surface area contributed by atoms with Crippen LogP contribution < -0.4 is 5.32 Å². The van der Waals surface area contributed by atoms with Gasteiger partial charge >= 0.3 is 6.18 Å². The summed E-state index contributed by atoms with van der Waals surface area (Å²) >= 11 is 5.83. The summed E-state index contributed by atoms with van der Waals surface area (Å²) < 4.78 is 42.3. The lowest BCUT2D eigenvalue weighted by molar-refractivity contribution is -0.143. The topological polar surface area (TPSA) is 50.2 Å². The summed E-state index contributed by atoms with van der Waals surface area (Å²) in [5.74, 6) is -0.838. The van der Waals surface area contributed by atoms with E-state index in [9.17, 15) is 18.0 Å². The summed E-state index contributed by atoms with van der Waals surface area (Å²) in [5, 5.41) is 6.85. The number of aromatic nitrogens is 2. The van der Waals surface area contributed by atoms with Gasteiger partial charge < -0.3 is 10.2 Å². The van der Waals surface area contributed by atoms with Crippen molar-refractivity contribution in [3.63, 3.8) is 0 Å². The van der Waals surface area contributed by atoms with Crippen LogP contribution in [0.2, 0.25) is 5.02 Å². The summed E-state index contributed by atoms with van der Waals surface area (Å²) in [7, 11) is 3.70. The smallest absolute Gasteiger partial charge is 0.350 e. The first kappa shape index (κ1) is 23.8. The Morgan fingerprint density at radius 2 is 1.75 bits per heavy atom. The van der Waals surface area contributed by atoms with Gasteiger partial charge in [-0.05, 0) is 55.9 Å². The molecule has 1 unspecified atom stereocenters. The number of nitrogens with one attached hydrogen (secondary N) is 1. The first-order chi connectivity index (χ1) is 15.1. The minimum Gasteiger partial charge on any atom is -0.350 e. The highest BCUT2D eigenvalue weighted by Crippen LogP contribution is 2.34. The third kappa shape index (κ3) is 5.31. The van der Waals surface area contributed by atoms with Gasteiger partial charge in [-0.2, -0.15) is 18.3 Å². The van der Waals surface area contributed by atoms with Crippen molar-refractivity contribution in [1.29, 1.82) is 0 Å². The van der Waals surface area contributed by atoms with E-state index in [4.69, 9.17) is 11.6 Å². The Morgan fingerprint density at radius 3 is 2.28 bits per heavy atom. The molecule has 9 heteroatoms. The van der Waals surface area contributed by atoms with Crippen molar-refractivity contribution < 1.29 is 18.0 Å². The zero-order valence-corrected chi connectivity index (χ0v) is 18.7. The van der Waals surface area contributed by atoms with E-state index < -0.39 is 23.3 Å². The zero-order valence-electron chi connectivity index (χ0n) is 17.9. The zero-order chi connectivity index (χ0) is 23.5. The van der Waals surface area contributed by atoms with Crippen LogP contribution in [0.4, 0.5) is 13.2 Å². The number of benzene rings is 2. The molecule has 32 heavy (non-hydrogen) atoms. The molecule has 0 aliphatic carbocycles. The Balaban J connectivity index is 1.85. The fraction of sp³-hybridized carbons (Fsp3) is 0.304. The molecule has 0 radical (unpaired) electrons. The van der Waals surface area contributed by atoms with Crippen molar-refractivity contribution in [2.75, 3.05) is 20.6 Å². The number of hydrogen-bond donors (Lipinski definition) is 1. The fourth-order valence-corrected chi connectivity index (χ4v) is 3.55. The molecule has 0 fully saturated rings. The van der Waals surface area contributed by atoms with Crippen LogP contribution in [0, 0.1) is 0 Å². The minimum absolute atomic E-state index is 0.140. The van der Waals surface area contributed by atoms with E-state index in [1.807, 2.05) is 43.3 Å². The summed E-state index contributed by atoms with van der Waals surface area (Å²) in [4.78, 5) is 14.7. The molecule has 2 aromatic carbocycles. The van der Waals surface area contributed by atoms with Crippen molar-refractivity contribution >= 4 is 17.5 Å². The van der Waals surface area contributed by atoms with E-state index in [1.165, 1.54) is 29.8 Å². The number of aryl methyl sites for hydroxylation is 1. The molecule has 1 amide bonds. The highest BCUT2D eigenvalue weighted by Gasteiger charge is 2.40. The third-order valence-corrected chi connectivity index (χ3v) is 5.46. The first-order valence-electron chi connectivity index (χ1n) is 10.1. The van der Waals surface area contributed by atoms with Crippen LogP contribution in [0.3, 0.4) is 0 Å². The maximum atomic E-state index is 13.9. The Morgan fingerprint density at radius 1 is 1.12 bits per heavy atom. The summed E-state index contributed by atoms with van der Waals surface area (Å²) in [6.45, 7) is 2.20. The second-order valence-electron chi connectivity index (χ2n) is 7.58. The predicted octanol–water partition coefficient (Wildman–Crippen LogP) is 5.14. The molecule has 1 heterocycles. The highest BCUT2D eigenvalue weighted by molar-refractivity contribution is 6.30. The van der Waals surface area contributed by atoms with Crippen molar-refractivity contribution in [3.05, 3.63) is 82.1 Å². The number of carbonyl (C=O) groups is 1. The molecule has 0 saturated carbocycles. The summed E-state index contributed by atoms with van der Waals surface area (Å²) in [5.41, 5.74) is 0.625. The van der Waals surface area contributed by atoms with Crippen LogP contribution in [-0.2, 0) is 12.6 Å². The average Bonchev–Trinajstić information content (AvgIpc) is 3.20. The maximum absolute atomic E-state index is 13.9. The quantitative estimate of drug-likeness (QED) is 0.526. The normalized spacial score (nSPS) is 12.8. The molecule has 0 aliphatic rings. The van der Waals surface area contributed by atoms with Gasteiger partial charge in [-0.1, -0.05) is 42.8 Å². The Labute approximate surface area is 189 Å². The molecule has 3 rings (SSSR count). The number of halogens is 4. The Hall–Kier alpha value is -2.84. The molecule has 3 aromatic rings. The third-order valence-electron chi connectivity index (χ3n) is 5.21. The van der Waals surface area contributed by atoms with Gasteiger partial charge in [0, 0.05) is 11.6 Å². The van der Waals surface area contributed by atoms with Crippen molar-refractivity contribution in [3.8, 4) is 5.69 Å². The molecule has 1 aromatic heterocycles. The lowest BCUT2D eigenvalue weighted by Crippen LogP contribution is -2.35. The molecular formula is C23H24ClF3N4O. The summed E-state index contributed by atoms with van der Waals surface area (Å²) in [6, 6.07) is 13.5. The van der Waals surface area contributed by atoms with Crippen molar-refractivity contribution in [2.45, 2.75) is 25.6 Å². The van der Waals surface area contributed by atoms with Crippen molar-refractivity contribution in [2.24, 2.45) is 0 Å². The molecule has 1 atom stereocenters.